The highest BCUT2D eigenvalue weighted by Gasteiger charge is 2.31. The van der Waals surface area contributed by atoms with Gasteiger partial charge in [-0.05, 0) is 37.0 Å². The lowest BCUT2D eigenvalue weighted by Crippen LogP contribution is -2.35. The summed E-state index contributed by atoms with van der Waals surface area (Å²) in [5.41, 5.74) is 1.76. The highest BCUT2D eigenvalue weighted by atomic mass is 35.5. The molecule has 4 heteroatoms. The molecule has 3 atom stereocenters. The number of aliphatic hydroxyl groups is 2. The second kappa shape index (κ2) is 5.47. The molecule has 1 aliphatic rings. The third kappa shape index (κ3) is 2.48. The number of halogens is 1. The van der Waals surface area contributed by atoms with Crippen molar-refractivity contribution in [2.45, 2.75) is 32.4 Å². The van der Waals surface area contributed by atoms with E-state index >= 15 is 0 Å². The zero-order valence-electron chi connectivity index (χ0n) is 10.8. The molecule has 0 amide bonds. The molecule has 0 radical (unpaired) electrons. The largest absolute Gasteiger partial charge is 0.394 e. The zero-order chi connectivity index (χ0) is 13.3. The highest BCUT2D eigenvalue weighted by Crippen LogP contribution is 2.35. The zero-order valence-corrected chi connectivity index (χ0v) is 11.6. The van der Waals surface area contributed by atoms with Crippen LogP contribution in [-0.4, -0.2) is 29.4 Å². The van der Waals surface area contributed by atoms with Gasteiger partial charge in [-0.3, -0.25) is 0 Å². The van der Waals surface area contributed by atoms with E-state index in [1.165, 1.54) is 0 Å². The number of hydrogen-bond donors (Lipinski definition) is 2. The first-order valence-electron chi connectivity index (χ1n) is 6.39. The van der Waals surface area contributed by atoms with Crippen LogP contribution in [-0.2, 0) is 0 Å². The summed E-state index contributed by atoms with van der Waals surface area (Å²) in [6, 6.07) is 5.77. The Hall–Kier alpha value is -0.770. The first-order valence-corrected chi connectivity index (χ1v) is 6.77. The summed E-state index contributed by atoms with van der Waals surface area (Å²) in [5.74, 6) is 0.475. The lowest BCUT2D eigenvalue weighted by Gasteiger charge is -2.28. The first kappa shape index (κ1) is 13.7. The Bertz CT molecular complexity index is 422. The molecule has 2 rings (SSSR count). The molecule has 1 aliphatic heterocycles. The third-order valence-corrected chi connectivity index (χ3v) is 4.14. The molecule has 1 fully saturated rings. The van der Waals surface area contributed by atoms with Gasteiger partial charge in [-0.25, -0.2) is 0 Å². The number of anilines is 1. The monoisotopic (exact) mass is 269 g/mol. The average Bonchev–Trinajstić information content (AvgIpc) is 2.70. The van der Waals surface area contributed by atoms with Crippen LogP contribution in [0.1, 0.15) is 31.9 Å². The number of nitrogens with zero attached hydrogens (tertiary/aromatic N) is 1. The second-order valence-electron chi connectivity index (χ2n) is 5.10. The summed E-state index contributed by atoms with van der Waals surface area (Å²) in [5, 5.41) is 19.6. The SMILES string of the molecule is CC1CCN(c2ccc([C@@H](C)O)cc2Cl)C1CO. The predicted molar refractivity (Wildman–Crippen MR) is 74.1 cm³/mol. The van der Waals surface area contributed by atoms with Gasteiger partial charge in [0.2, 0.25) is 0 Å². The van der Waals surface area contributed by atoms with Gasteiger partial charge in [0.15, 0.2) is 0 Å². The molecule has 1 heterocycles. The van der Waals surface area contributed by atoms with Gasteiger partial charge in [-0.1, -0.05) is 24.6 Å². The van der Waals surface area contributed by atoms with Gasteiger partial charge < -0.3 is 15.1 Å². The maximum Gasteiger partial charge on any atom is 0.0762 e. The quantitative estimate of drug-likeness (QED) is 0.887. The molecule has 0 aliphatic carbocycles. The van der Waals surface area contributed by atoms with Crippen molar-refractivity contribution in [2.75, 3.05) is 18.1 Å². The van der Waals surface area contributed by atoms with Crippen LogP contribution in [0.15, 0.2) is 18.2 Å². The van der Waals surface area contributed by atoms with Crippen LogP contribution in [0.4, 0.5) is 5.69 Å². The molecule has 1 aromatic carbocycles. The van der Waals surface area contributed by atoms with Crippen molar-refractivity contribution < 1.29 is 10.2 Å². The van der Waals surface area contributed by atoms with Crippen LogP contribution < -0.4 is 4.90 Å². The molecule has 0 spiro atoms. The molecule has 1 aromatic rings. The maximum absolute atomic E-state index is 9.53. The summed E-state index contributed by atoms with van der Waals surface area (Å²) < 4.78 is 0. The molecule has 18 heavy (non-hydrogen) atoms. The minimum Gasteiger partial charge on any atom is -0.394 e. The van der Waals surface area contributed by atoms with Crippen LogP contribution in [0.3, 0.4) is 0 Å². The molecule has 100 valence electrons. The van der Waals surface area contributed by atoms with Gasteiger partial charge in [0.05, 0.1) is 29.5 Å². The van der Waals surface area contributed by atoms with Gasteiger partial charge in [0.1, 0.15) is 0 Å². The van der Waals surface area contributed by atoms with Crippen molar-refractivity contribution in [3.8, 4) is 0 Å². The Morgan fingerprint density at radius 1 is 1.50 bits per heavy atom. The fraction of sp³-hybridized carbons (Fsp3) is 0.571. The fourth-order valence-corrected chi connectivity index (χ4v) is 2.90. The van der Waals surface area contributed by atoms with Crippen LogP contribution in [0, 0.1) is 5.92 Å². The standard InChI is InChI=1S/C14H20ClNO2/c1-9-5-6-16(14(9)8-17)13-4-3-11(10(2)18)7-12(13)15/h3-4,7,9-10,14,17-18H,5-6,8H2,1-2H3/t9?,10-,14?/m1/s1. The summed E-state index contributed by atoms with van der Waals surface area (Å²) in [7, 11) is 0. The molecular weight excluding hydrogens is 250 g/mol. The van der Waals surface area contributed by atoms with Gasteiger partial charge in [0.25, 0.3) is 0 Å². The highest BCUT2D eigenvalue weighted by molar-refractivity contribution is 6.33. The normalized spacial score (nSPS) is 25.5. The van der Waals surface area contributed by atoms with E-state index in [1.54, 1.807) is 13.0 Å². The molecule has 0 bridgehead atoms. The summed E-state index contributed by atoms with van der Waals surface area (Å²) in [4.78, 5) is 2.17. The summed E-state index contributed by atoms with van der Waals surface area (Å²) >= 11 is 6.29. The lowest BCUT2D eigenvalue weighted by molar-refractivity contribution is 0.199. The van der Waals surface area contributed by atoms with E-state index < -0.39 is 6.10 Å². The number of hydrogen-bond acceptors (Lipinski definition) is 3. The van der Waals surface area contributed by atoms with Crippen molar-refractivity contribution >= 4 is 17.3 Å². The molecule has 1 saturated heterocycles. The van der Waals surface area contributed by atoms with E-state index in [4.69, 9.17) is 11.6 Å². The van der Waals surface area contributed by atoms with E-state index in [0.717, 1.165) is 24.2 Å². The maximum atomic E-state index is 9.53. The molecule has 0 aromatic heterocycles. The molecule has 2 N–H and O–H groups in total. The van der Waals surface area contributed by atoms with Crippen LogP contribution >= 0.6 is 11.6 Å². The van der Waals surface area contributed by atoms with Crippen molar-refractivity contribution in [1.82, 2.24) is 0 Å². The number of aliphatic hydroxyl groups excluding tert-OH is 2. The second-order valence-corrected chi connectivity index (χ2v) is 5.50. The van der Waals surface area contributed by atoms with E-state index in [1.807, 2.05) is 12.1 Å². The van der Waals surface area contributed by atoms with Crippen LogP contribution in [0.25, 0.3) is 0 Å². The smallest absolute Gasteiger partial charge is 0.0762 e. The Kier molecular flexibility index (Phi) is 4.15. The van der Waals surface area contributed by atoms with Crippen molar-refractivity contribution in [3.63, 3.8) is 0 Å². The average molecular weight is 270 g/mol. The van der Waals surface area contributed by atoms with Gasteiger partial charge >= 0.3 is 0 Å². The van der Waals surface area contributed by atoms with E-state index in [0.29, 0.717) is 10.9 Å². The molecule has 3 nitrogen and oxygen atoms in total. The third-order valence-electron chi connectivity index (χ3n) is 3.83. The topological polar surface area (TPSA) is 43.7 Å². The first-order chi connectivity index (χ1) is 8.54. The molecular formula is C14H20ClNO2. The van der Waals surface area contributed by atoms with Crippen LogP contribution in [0.5, 0.6) is 0 Å². The lowest BCUT2D eigenvalue weighted by atomic mass is 10.0. The van der Waals surface area contributed by atoms with E-state index in [9.17, 15) is 10.2 Å². The Morgan fingerprint density at radius 2 is 2.22 bits per heavy atom. The Balaban J connectivity index is 2.28. The van der Waals surface area contributed by atoms with E-state index in [2.05, 4.69) is 11.8 Å². The predicted octanol–water partition coefficient (Wildman–Crippen LogP) is 2.60. The summed E-state index contributed by atoms with van der Waals surface area (Å²) in [6.07, 6.45) is 0.558. The number of benzene rings is 1. The molecule has 2 unspecified atom stereocenters. The minimum atomic E-state index is -0.511. The van der Waals surface area contributed by atoms with Crippen molar-refractivity contribution in [3.05, 3.63) is 28.8 Å². The van der Waals surface area contributed by atoms with Gasteiger partial charge in [-0.15, -0.1) is 0 Å². The van der Waals surface area contributed by atoms with Crippen LogP contribution in [0.2, 0.25) is 5.02 Å². The van der Waals surface area contributed by atoms with Crippen molar-refractivity contribution in [1.29, 1.82) is 0 Å². The number of rotatable bonds is 3. The summed E-state index contributed by atoms with van der Waals surface area (Å²) in [6.45, 7) is 4.94. The Morgan fingerprint density at radius 3 is 2.78 bits per heavy atom. The van der Waals surface area contributed by atoms with Crippen molar-refractivity contribution in [2.24, 2.45) is 5.92 Å². The molecule has 0 saturated carbocycles. The van der Waals surface area contributed by atoms with Gasteiger partial charge in [0, 0.05) is 6.54 Å². The minimum absolute atomic E-state index is 0.139. The van der Waals surface area contributed by atoms with E-state index in [-0.39, 0.29) is 12.6 Å². The van der Waals surface area contributed by atoms with Gasteiger partial charge in [-0.2, -0.15) is 0 Å². The fourth-order valence-electron chi connectivity index (χ4n) is 2.60. The Labute approximate surface area is 113 Å².